The molecular weight excluding hydrogens is 350 g/mol. The summed E-state index contributed by atoms with van der Waals surface area (Å²) in [5.41, 5.74) is -0.143. The average molecular weight is 358 g/mol. The average Bonchev–Trinajstić information content (AvgIpc) is 2.48. The van der Waals surface area contributed by atoms with Crippen LogP contribution in [0.5, 0.6) is 0 Å². The molecule has 3 aromatic rings. The fourth-order valence-corrected chi connectivity index (χ4v) is 2.50. The molecule has 1 N–H and O–H groups in total. The van der Waals surface area contributed by atoms with Crippen molar-refractivity contribution < 1.29 is 13.2 Å². The smallest absolute Gasteiger partial charge is 0.340 e. The van der Waals surface area contributed by atoms with Gasteiger partial charge in [-0.25, -0.2) is 4.98 Å². The second-order valence-corrected chi connectivity index (χ2v) is 5.42. The van der Waals surface area contributed by atoms with Crippen LogP contribution in [0.4, 0.5) is 24.7 Å². The molecule has 3 nitrogen and oxygen atoms in total. The first-order valence-corrected chi connectivity index (χ1v) is 7.16. The lowest BCUT2D eigenvalue weighted by atomic mass is 10.2. The normalized spacial score (nSPS) is 11.7. The molecule has 0 spiro atoms. The standard InChI is InChI=1S/C15H8Cl2F3N3/c16-11-6-5-8(7-10(11)15(18,19)20)21-13-9-3-1-2-4-12(9)22-14(17)23-13/h1-7H,(H,21,22,23). The molecule has 0 aliphatic rings. The van der Waals surface area contributed by atoms with Crippen LogP contribution >= 0.6 is 23.2 Å². The van der Waals surface area contributed by atoms with Gasteiger partial charge in [0.2, 0.25) is 5.28 Å². The first kappa shape index (κ1) is 15.8. The zero-order valence-electron chi connectivity index (χ0n) is 11.3. The third kappa shape index (κ3) is 3.33. The minimum Gasteiger partial charge on any atom is -0.340 e. The fourth-order valence-electron chi connectivity index (χ4n) is 2.10. The number of halogens is 5. The zero-order valence-corrected chi connectivity index (χ0v) is 12.8. The van der Waals surface area contributed by atoms with E-state index in [1.54, 1.807) is 24.3 Å². The van der Waals surface area contributed by atoms with Gasteiger partial charge in [-0.1, -0.05) is 23.7 Å². The van der Waals surface area contributed by atoms with Crippen molar-refractivity contribution in [2.24, 2.45) is 0 Å². The van der Waals surface area contributed by atoms with E-state index in [4.69, 9.17) is 23.2 Å². The quantitative estimate of drug-likeness (QED) is 0.597. The highest BCUT2D eigenvalue weighted by Gasteiger charge is 2.33. The first-order valence-electron chi connectivity index (χ1n) is 6.40. The Labute approximate surface area is 139 Å². The Kier molecular flexibility index (Phi) is 4.04. The number of benzene rings is 2. The summed E-state index contributed by atoms with van der Waals surface area (Å²) in [5, 5.41) is 3.10. The molecule has 0 saturated heterocycles. The predicted octanol–water partition coefficient (Wildman–Crippen LogP) is 5.70. The lowest BCUT2D eigenvalue weighted by Crippen LogP contribution is -2.07. The molecule has 23 heavy (non-hydrogen) atoms. The number of para-hydroxylation sites is 1. The van der Waals surface area contributed by atoms with Gasteiger partial charge in [-0.15, -0.1) is 0 Å². The molecule has 2 aromatic carbocycles. The van der Waals surface area contributed by atoms with Gasteiger partial charge >= 0.3 is 6.18 Å². The summed E-state index contributed by atoms with van der Waals surface area (Å²) in [6.07, 6.45) is -4.54. The maximum absolute atomic E-state index is 12.9. The van der Waals surface area contributed by atoms with Crippen LogP contribution in [0, 0.1) is 0 Å². The first-order chi connectivity index (χ1) is 10.8. The van der Waals surface area contributed by atoms with Crippen LogP contribution in [0.3, 0.4) is 0 Å². The highest BCUT2D eigenvalue weighted by molar-refractivity contribution is 6.31. The van der Waals surface area contributed by atoms with E-state index in [0.29, 0.717) is 16.7 Å². The summed E-state index contributed by atoms with van der Waals surface area (Å²) >= 11 is 11.5. The second-order valence-electron chi connectivity index (χ2n) is 4.68. The van der Waals surface area contributed by atoms with E-state index in [9.17, 15) is 13.2 Å². The van der Waals surface area contributed by atoms with Crippen LogP contribution in [0.2, 0.25) is 10.3 Å². The SMILES string of the molecule is FC(F)(F)c1cc(Nc2nc(Cl)nc3ccccc23)ccc1Cl. The Balaban J connectivity index is 2.06. The molecule has 0 saturated carbocycles. The van der Waals surface area contributed by atoms with Gasteiger partial charge < -0.3 is 5.32 Å². The molecule has 0 aliphatic carbocycles. The maximum Gasteiger partial charge on any atom is 0.417 e. The number of rotatable bonds is 2. The number of alkyl halides is 3. The highest BCUT2D eigenvalue weighted by Crippen LogP contribution is 2.37. The van der Waals surface area contributed by atoms with Crippen molar-refractivity contribution in [3.05, 3.63) is 58.3 Å². The molecule has 0 bridgehead atoms. The molecule has 8 heteroatoms. The minimum absolute atomic E-state index is 0.00351. The van der Waals surface area contributed by atoms with E-state index in [1.807, 2.05) is 0 Å². The number of nitrogens with one attached hydrogen (secondary N) is 1. The number of fused-ring (bicyclic) bond motifs is 1. The summed E-state index contributed by atoms with van der Waals surface area (Å²) in [7, 11) is 0. The topological polar surface area (TPSA) is 37.8 Å². The molecule has 118 valence electrons. The van der Waals surface area contributed by atoms with Crippen molar-refractivity contribution in [2.45, 2.75) is 6.18 Å². The van der Waals surface area contributed by atoms with E-state index < -0.39 is 11.7 Å². The Bertz CT molecular complexity index is 881. The molecule has 1 heterocycles. The lowest BCUT2D eigenvalue weighted by molar-refractivity contribution is -0.137. The number of aromatic nitrogens is 2. The monoisotopic (exact) mass is 357 g/mol. The van der Waals surface area contributed by atoms with E-state index in [2.05, 4.69) is 15.3 Å². The van der Waals surface area contributed by atoms with Crippen LogP contribution in [-0.2, 0) is 6.18 Å². The molecule has 0 fully saturated rings. The van der Waals surface area contributed by atoms with Crippen molar-refractivity contribution >= 4 is 45.6 Å². The molecule has 0 unspecified atom stereocenters. The number of anilines is 2. The molecule has 0 amide bonds. The number of hydrogen-bond acceptors (Lipinski definition) is 3. The predicted molar refractivity (Wildman–Crippen MR) is 84.3 cm³/mol. The summed E-state index contributed by atoms with van der Waals surface area (Å²) in [4.78, 5) is 8.10. The van der Waals surface area contributed by atoms with Gasteiger partial charge in [0.25, 0.3) is 0 Å². The number of hydrogen-bond donors (Lipinski definition) is 1. The van der Waals surface area contributed by atoms with Gasteiger partial charge in [0.1, 0.15) is 5.82 Å². The highest BCUT2D eigenvalue weighted by atomic mass is 35.5. The van der Waals surface area contributed by atoms with Gasteiger partial charge in [0, 0.05) is 11.1 Å². The zero-order chi connectivity index (χ0) is 16.6. The minimum atomic E-state index is -4.54. The van der Waals surface area contributed by atoms with Gasteiger partial charge in [-0.2, -0.15) is 18.2 Å². The Hall–Kier alpha value is -2.05. The van der Waals surface area contributed by atoms with Gasteiger partial charge in [-0.05, 0) is 41.9 Å². The molecule has 0 aliphatic heterocycles. The largest absolute Gasteiger partial charge is 0.417 e. The molecule has 0 radical (unpaired) electrons. The third-order valence-corrected chi connectivity index (χ3v) is 3.61. The summed E-state index contributed by atoms with van der Waals surface area (Å²) in [6, 6.07) is 10.6. The third-order valence-electron chi connectivity index (χ3n) is 3.11. The molecule has 1 aromatic heterocycles. The van der Waals surface area contributed by atoms with Gasteiger partial charge in [-0.3, -0.25) is 0 Å². The van der Waals surface area contributed by atoms with E-state index in [1.165, 1.54) is 12.1 Å². The van der Waals surface area contributed by atoms with Crippen molar-refractivity contribution in [1.82, 2.24) is 9.97 Å². The Morgan fingerprint density at radius 1 is 0.957 bits per heavy atom. The number of nitrogens with zero attached hydrogens (tertiary/aromatic N) is 2. The van der Waals surface area contributed by atoms with E-state index in [0.717, 1.165) is 6.07 Å². The lowest BCUT2D eigenvalue weighted by Gasteiger charge is -2.13. The molecule has 3 rings (SSSR count). The van der Waals surface area contributed by atoms with Crippen LogP contribution < -0.4 is 5.32 Å². The molecular formula is C15H8Cl2F3N3. The van der Waals surface area contributed by atoms with Crippen molar-refractivity contribution in [3.8, 4) is 0 Å². The van der Waals surface area contributed by atoms with Crippen molar-refractivity contribution in [3.63, 3.8) is 0 Å². The van der Waals surface area contributed by atoms with Gasteiger partial charge in [0.05, 0.1) is 16.1 Å². The molecule has 0 atom stereocenters. The van der Waals surface area contributed by atoms with Crippen LogP contribution in [-0.4, -0.2) is 9.97 Å². The maximum atomic E-state index is 12.9. The fraction of sp³-hybridized carbons (Fsp3) is 0.0667. The van der Waals surface area contributed by atoms with E-state index >= 15 is 0 Å². The van der Waals surface area contributed by atoms with Crippen molar-refractivity contribution in [2.75, 3.05) is 5.32 Å². The summed E-state index contributed by atoms with van der Waals surface area (Å²) in [6.45, 7) is 0. The van der Waals surface area contributed by atoms with Crippen molar-refractivity contribution in [1.29, 1.82) is 0 Å². The van der Waals surface area contributed by atoms with Crippen LogP contribution in [0.25, 0.3) is 10.9 Å². The Morgan fingerprint density at radius 2 is 1.70 bits per heavy atom. The summed E-state index contributed by atoms with van der Waals surface area (Å²) in [5.74, 6) is 0.316. The van der Waals surface area contributed by atoms with Crippen LogP contribution in [0.15, 0.2) is 42.5 Å². The Morgan fingerprint density at radius 3 is 2.43 bits per heavy atom. The van der Waals surface area contributed by atoms with E-state index in [-0.39, 0.29) is 16.0 Å². The van der Waals surface area contributed by atoms with Gasteiger partial charge in [0.15, 0.2) is 0 Å². The second kappa shape index (κ2) is 5.86. The van der Waals surface area contributed by atoms with Crippen LogP contribution in [0.1, 0.15) is 5.56 Å². The summed E-state index contributed by atoms with van der Waals surface area (Å²) < 4.78 is 38.8.